The number of anilines is 2. The van der Waals surface area contributed by atoms with Crippen LogP contribution in [0.2, 0.25) is 0 Å². The minimum absolute atomic E-state index is 0.0824. The normalized spacial score (nSPS) is 10.2. The molecular formula is C26H25FN2O7. The maximum Gasteiger partial charge on any atom is 0.337 e. The molecule has 0 saturated heterocycles. The Labute approximate surface area is 207 Å². The highest BCUT2D eigenvalue weighted by Crippen LogP contribution is 2.29. The van der Waals surface area contributed by atoms with Gasteiger partial charge in [-0.3, -0.25) is 9.59 Å². The summed E-state index contributed by atoms with van der Waals surface area (Å²) in [6.45, 7) is 2.12. The van der Waals surface area contributed by atoms with Gasteiger partial charge in [0.1, 0.15) is 11.6 Å². The van der Waals surface area contributed by atoms with Gasteiger partial charge in [0.25, 0.3) is 11.8 Å². The summed E-state index contributed by atoms with van der Waals surface area (Å²) < 4.78 is 35.0. The molecule has 0 aliphatic rings. The molecule has 3 aromatic rings. The zero-order valence-electron chi connectivity index (χ0n) is 19.9. The van der Waals surface area contributed by atoms with Crippen LogP contribution in [0.15, 0.2) is 60.7 Å². The van der Waals surface area contributed by atoms with E-state index in [-0.39, 0.29) is 34.9 Å². The summed E-state index contributed by atoms with van der Waals surface area (Å²) in [6.07, 6.45) is 0. The van der Waals surface area contributed by atoms with Gasteiger partial charge < -0.3 is 29.6 Å². The van der Waals surface area contributed by atoms with Gasteiger partial charge in [-0.15, -0.1) is 0 Å². The van der Waals surface area contributed by atoms with Crippen LogP contribution in [0.5, 0.6) is 17.2 Å². The minimum Gasteiger partial charge on any atom is -0.494 e. The molecular weight excluding hydrogens is 471 g/mol. The molecule has 0 atom stereocenters. The van der Waals surface area contributed by atoms with E-state index in [1.54, 1.807) is 24.3 Å². The van der Waals surface area contributed by atoms with Crippen molar-refractivity contribution in [2.75, 3.05) is 38.1 Å². The number of amides is 2. The standard InChI is InChI=1S/C26H25FN2O7/c1-4-35-19-9-7-18(8-10-19)28-24(30)15-36-22-12-6-16(14-23(22)33-2)25(31)29-21-13-17(26(32)34-3)5-11-20(21)27/h5-14H,4,15H2,1-3H3,(H,28,30)(H,29,31). The van der Waals surface area contributed by atoms with E-state index in [0.717, 1.165) is 6.07 Å². The molecule has 188 valence electrons. The van der Waals surface area contributed by atoms with Crippen molar-refractivity contribution in [3.05, 3.63) is 77.6 Å². The van der Waals surface area contributed by atoms with Gasteiger partial charge in [-0.2, -0.15) is 0 Å². The van der Waals surface area contributed by atoms with Crippen molar-refractivity contribution in [1.82, 2.24) is 0 Å². The zero-order chi connectivity index (χ0) is 26.1. The third-order valence-corrected chi connectivity index (χ3v) is 4.87. The average Bonchev–Trinajstić information content (AvgIpc) is 2.89. The summed E-state index contributed by atoms with van der Waals surface area (Å²) >= 11 is 0. The molecule has 0 fully saturated rings. The third kappa shape index (κ3) is 6.72. The first-order valence-electron chi connectivity index (χ1n) is 10.9. The fourth-order valence-electron chi connectivity index (χ4n) is 3.13. The van der Waals surface area contributed by atoms with Crippen molar-refractivity contribution in [1.29, 1.82) is 0 Å². The smallest absolute Gasteiger partial charge is 0.337 e. The summed E-state index contributed by atoms with van der Waals surface area (Å²) in [6, 6.07) is 14.7. The van der Waals surface area contributed by atoms with Crippen LogP contribution in [0.3, 0.4) is 0 Å². The lowest BCUT2D eigenvalue weighted by Crippen LogP contribution is -2.20. The molecule has 0 saturated carbocycles. The molecule has 36 heavy (non-hydrogen) atoms. The molecule has 0 aliphatic heterocycles. The summed E-state index contributed by atoms with van der Waals surface area (Å²) in [5, 5.41) is 5.12. The van der Waals surface area contributed by atoms with Gasteiger partial charge in [-0.25, -0.2) is 9.18 Å². The van der Waals surface area contributed by atoms with E-state index in [1.807, 2.05) is 6.92 Å². The molecule has 2 N–H and O–H groups in total. The van der Waals surface area contributed by atoms with Gasteiger partial charge in [0.15, 0.2) is 18.1 Å². The Bertz CT molecular complexity index is 1250. The summed E-state index contributed by atoms with van der Waals surface area (Å²) in [4.78, 5) is 36.6. The van der Waals surface area contributed by atoms with Crippen molar-refractivity contribution in [3.8, 4) is 17.2 Å². The van der Waals surface area contributed by atoms with E-state index in [1.165, 1.54) is 44.6 Å². The highest BCUT2D eigenvalue weighted by atomic mass is 19.1. The third-order valence-electron chi connectivity index (χ3n) is 4.87. The Morgan fingerprint density at radius 2 is 1.56 bits per heavy atom. The Morgan fingerprint density at radius 3 is 2.22 bits per heavy atom. The average molecular weight is 496 g/mol. The Hall–Kier alpha value is -4.60. The van der Waals surface area contributed by atoms with E-state index in [4.69, 9.17) is 14.2 Å². The SMILES string of the molecule is CCOc1ccc(NC(=O)COc2ccc(C(=O)Nc3cc(C(=O)OC)ccc3F)cc2OC)cc1. The Balaban J connectivity index is 1.64. The van der Waals surface area contributed by atoms with E-state index < -0.39 is 23.6 Å². The predicted octanol–water partition coefficient (Wildman–Crippen LogP) is 4.29. The van der Waals surface area contributed by atoms with E-state index in [2.05, 4.69) is 15.4 Å². The van der Waals surface area contributed by atoms with Gasteiger partial charge in [0.2, 0.25) is 0 Å². The first-order chi connectivity index (χ1) is 17.3. The molecule has 0 heterocycles. The second kappa shape index (κ2) is 12.2. The number of benzene rings is 3. The van der Waals surface area contributed by atoms with Gasteiger partial charge in [-0.1, -0.05) is 0 Å². The van der Waals surface area contributed by atoms with Crippen LogP contribution in [0, 0.1) is 5.82 Å². The lowest BCUT2D eigenvalue weighted by atomic mass is 10.1. The molecule has 9 nitrogen and oxygen atoms in total. The van der Waals surface area contributed by atoms with Crippen LogP contribution in [-0.4, -0.2) is 45.2 Å². The largest absolute Gasteiger partial charge is 0.494 e. The minimum atomic E-state index is -0.721. The number of esters is 1. The van der Waals surface area contributed by atoms with Crippen molar-refractivity contribution >= 4 is 29.2 Å². The number of hydrogen-bond acceptors (Lipinski definition) is 7. The summed E-state index contributed by atoms with van der Waals surface area (Å²) in [7, 11) is 2.58. The molecule has 0 aliphatic carbocycles. The molecule has 0 aromatic heterocycles. The van der Waals surface area contributed by atoms with Gasteiger partial charge >= 0.3 is 5.97 Å². The van der Waals surface area contributed by atoms with Gasteiger partial charge in [-0.05, 0) is 67.6 Å². The van der Waals surface area contributed by atoms with Crippen LogP contribution < -0.4 is 24.8 Å². The maximum atomic E-state index is 14.2. The lowest BCUT2D eigenvalue weighted by Gasteiger charge is -2.13. The highest BCUT2D eigenvalue weighted by Gasteiger charge is 2.16. The van der Waals surface area contributed by atoms with Crippen molar-refractivity contribution in [2.24, 2.45) is 0 Å². The van der Waals surface area contributed by atoms with Crippen LogP contribution in [0.4, 0.5) is 15.8 Å². The van der Waals surface area contributed by atoms with Crippen LogP contribution in [0.1, 0.15) is 27.6 Å². The van der Waals surface area contributed by atoms with Crippen LogP contribution in [0.25, 0.3) is 0 Å². The second-order valence-electron chi connectivity index (χ2n) is 7.30. The summed E-state index contributed by atoms with van der Waals surface area (Å²) in [5.41, 5.74) is 0.614. The van der Waals surface area contributed by atoms with Crippen molar-refractivity contribution in [3.63, 3.8) is 0 Å². The van der Waals surface area contributed by atoms with E-state index >= 15 is 0 Å². The molecule has 3 aromatic carbocycles. The molecule has 0 bridgehead atoms. The fourth-order valence-corrected chi connectivity index (χ4v) is 3.13. The Kier molecular flexibility index (Phi) is 8.82. The topological polar surface area (TPSA) is 112 Å². The number of nitrogens with one attached hydrogen (secondary N) is 2. The summed E-state index contributed by atoms with van der Waals surface area (Å²) in [5.74, 6) is -1.31. The quantitative estimate of drug-likeness (QED) is 0.403. The first kappa shape index (κ1) is 26.0. The number of hydrogen-bond donors (Lipinski definition) is 2. The molecule has 3 rings (SSSR count). The zero-order valence-corrected chi connectivity index (χ0v) is 19.9. The van der Waals surface area contributed by atoms with Crippen molar-refractivity contribution in [2.45, 2.75) is 6.92 Å². The molecule has 10 heteroatoms. The molecule has 2 amide bonds. The Morgan fingerprint density at radius 1 is 0.833 bits per heavy atom. The molecule has 0 radical (unpaired) electrons. The predicted molar refractivity (Wildman–Crippen MR) is 130 cm³/mol. The second-order valence-corrected chi connectivity index (χ2v) is 7.30. The number of rotatable bonds is 10. The number of ether oxygens (including phenoxy) is 4. The number of halogens is 1. The lowest BCUT2D eigenvalue weighted by molar-refractivity contribution is -0.118. The molecule has 0 spiro atoms. The molecule has 0 unspecified atom stereocenters. The van der Waals surface area contributed by atoms with E-state index in [9.17, 15) is 18.8 Å². The van der Waals surface area contributed by atoms with Crippen LogP contribution in [-0.2, 0) is 9.53 Å². The fraction of sp³-hybridized carbons (Fsp3) is 0.192. The van der Waals surface area contributed by atoms with Crippen molar-refractivity contribution < 1.29 is 37.7 Å². The first-order valence-corrected chi connectivity index (χ1v) is 10.9. The van der Waals surface area contributed by atoms with E-state index in [0.29, 0.717) is 18.0 Å². The highest BCUT2D eigenvalue weighted by molar-refractivity contribution is 6.05. The monoisotopic (exact) mass is 496 g/mol. The number of carbonyl (C=O) groups is 3. The van der Waals surface area contributed by atoms with Gasteiger partial charge in [0, 0.05) is 11.3 Å². The van der Waals surface area contributed by atoms with Gasteiger partial charge in [0.05, 0.1) is 32.1 Å². The van der Waals surface area contributed by atoms with Crippen LogP contribution >= 0.6 is 0 Å². The maximum absolute atomic E-state index is 14.2. The number of carbonyl (C=O) groups excluding carboxylic acids is 3. The number of methoxy groups -OCH3 is 2.